The molecule has 7 heteroatoms. The lowest BCUT2D eigenvalue weighted by molar-refractivity contribution is -0.118. The number of carbonyl (C=O) groups excluding carboxylic acids is 1. The van der Waals surface area contributed by atoms with Crippen molar-refractivity contribution in [3.63, 3.8) is 0 Å². The van der Waals surface area contributed by atoms with Crippen LogP contribution in [0.3, 0.4) is 0 Å². The number of amides is 1. The Balaban J connectivity index is 1.97. The number of aromatic carboxylic acids is 1. The van der Waals surface area contributed by atoms with Gasteiger partial charge in [-0.25, -0.2) is 14.8 Å². The number of benzene rings is 1. The van der Waals surface area contributed by atoms with Gasteiger partial charge in [-0.3, -0.25) is 4.79 Å². The molecule has 1 amide bonds. The topological polar surface area (TPSA) is 101 Å². The third-order valence-corrected chi connectivity index (χ3v) is 2.27. The summed E-state index contributed by atoms with van der Waals surface area (Å²) in [5, 5.41) is 11.2. The van der Waals surface area contributed by atoms with E-state index < -0.39 is 11.9 Å². The minimum Gasteiger partial charge on any atom is -0.484 e. The Kier molecular flexibility index (Phi) is 4.23. The molecule has 2 rings (SSSR count). The smallest absolute Gasteiger partial charge is 0.358 e. The van der Waals surface area contributed by atoms with Gasteiger partial charge in [0, 0.05) is 12.4 Å². The van der Waals surface area contributed by atoms with Gasteiger partial charge in [-0.1, -0.05) is 18.2 Å². The van der Waals surface area contributed by atoms with Gasteiger partial charge in [0.1, 0.15) is 5.75 Å². The fourth-order valence-electron chi connectivity index (χ4n) is 1.42. The first-order valence-electron chi connectivity index (χ1n) is 5.69. The molecular weight excluding hydrogens is 262 g/mol. The largest absolute Gasteiger partial charge is 0.484 e. The summed E-state index contributed by atoms with van der Waals surface area (Å²) < 4.78 is 5.23. The quantitative estimate of drug-likeness (QED) is 0.848. The molecular formula is C13H11N3O4. The number of para-hydroxylation sites is 1. The summed E-state index contributed by atoms with van der Waals surface area (Å²) in [5.41, 5.74) is -0.319. The first kappa shape index (κ1) is 13.5. The highest BCUT2D eigenvalue weighted by molar-refractivity contribution is 5.98. The van der Waals surface area contributed by atoms with Crippen LogP contribution in [0.15, 0.2) is 42.7 Å². The highest BCUT2D eigenvalue weighted by Gasteiger charge is 2.15. The van der Waals surface area contributed by atoms with Crippen molar-refractivity contribution in [1.29, 1.82) is 0 Å². The van der Waals surface area contributed by atoms with Gasteiger partial charge in [0.05, 0.1) is 0 Å². The summed E-state index contributed by atoms with van der Waals surface area (Å²) in [7, 11) is 0. The zero-order valence-corrected chi connectivity index (χ0v) is 10.3. The molecule has 1 aromatic carbocycles. The maximum atomic E-state index is 11.7. The van der Waals surface area contributed by atoms with Crippen LogP contribution in [-0.2, 0) is 4.79 Å². The Morgan fingerprint density at radius 2 is 1.85 bits per heavy atom. The van der Waals surface area contributed by atoms with Crippen molar-refractivity contribution in [2.75, 3.05) is 11.9 Å². The van der Waals surface area contributed by atoms with Gasteiger partial charge in [-0.05, 0) is 12.1 Å². The summed E-state index contributed by atoms with van der Waals surface area (Å²) >= 11 is 0. The molecule has 0 unspecified atom stereocenters. The normalized spacial score (nSPS) is 9.80. The van der Waals surface area contributed by atoms with E-state index in [1.807, 2.05) is 6.07 Å². The minimum atomic E-state index is -1.27. The maximum Gasteiger partial charge on any atom is 0.358 e. The molecule has 0 aliphatic heterocycles. The zero-order chi connectivity index (χ0) is 14.4. The van der Waals surface area contributed by atoms with Crippen LogP contribution in [0.25, 0.3) is 0 Å². The van der Waals surface area contributed by atoms with Gasteiger partial charge in [-0.2, -0.15) is 0 Å². The lowest BCUT2D eigenvalue weighted by Crippen LogP contribution is -2.22. The van der Waals surface area contributed by atoms with E-state index in [-0.39, 0.29) is 18.1 Å². The summed E-state index contributed by atoms with van der Waals surface area (Å²) in [6, 6.07) is 8.79. The molecule has 0 fully saturated rings. The first-order chi connectivity index (χ1) is 9.66. The van der Waals surface area contributed by atoms with Crippen LogP contribution in [0.2, 0.25) is 0 Å². The van der Waals surface area contributed by atoms with Crippen LogP contribution in [-0.4, -0.2) is 33.6 Å². The molecule has 0 spiro atoms. The molecule has 0 aliphatic carbocycles. The van der Waals surface area contributed by atoms with E-state index in [0.717, 1.165) is 0 Å². The van der Waals surface area contributed by atoms with Crippen LogP contribution in [0.4, 0.5) is 5.82 Å². The summed E-state index contributed by atoms with van der Waals surface area (Å²) in [5.74, 6) is -1.35. The third-order valence-electron chi connectivity index (χ3n) is 2.27. The first-order valence-corrected chi connectivity index (χ1v) is 5.69. The minimum absolute atomic E-state index is 0.110. The Bertz CT molecular complexity index is 616. The molecule has 0 saturated carbocycles. The van der Waals surface area contributed by atoms with E-state index in [9.17, 15) is 9.59 Å². The number of nitrogens with zero attached hydrogens (tertiary/aromatic N) is 2. The van der Waals surface area contributed by atoms with E-state index in [4.69, 9.17) is 9.84 Å². The second-order valence-corrected chi connectivity index (χ2v) is 3.71. The van der Waals surface area contributed by atoms with Crippen molar-refractivity contribution < 1.29 is 19.4 Å². The number of rotatable bonds is 5. The number of hydrogen-bond donors (Lipinski definition) is 2. The van der Waals surface area contributed by atoms with Gasteiger partial charge in [-0.15, -0.1) is 0 Å². The average molecular weight is 273 g/mol. The molecule has 0 saturated heterocycles. The molecule has 0 bridgehead atoms. The van der Waals surface area contributed by atoms with Crippen molar-refractivity contribution >= 4 is 17.7 Å². The predicted octanol–water partition coefficient (Wildman–Crippen LogP) is 1.19. The van der Waals surface area contributed by atoms with Crippen molar-refractivity contribution in [3.05, 3.63) is 48.4 Å². The summed E-state index contributed by atoms with van der Waals surface area (Å²) in [6.45, 7) is -0.250. The standard InChI is InChI=1S/C13H11N3O4/c17-10(8-20-9-4-2-1-3-5-9)16-12-11(13(18)19)14-6-7-15-12/h1-7H,8H2,(H,18,19)(H,15,16,17). The highest BCUT2D eigenvalue weighted by atomic mass is 16.5. The predicted molar refractivity (Wildman–Crippen MR) is 69.6 cm³/mol. The number of carboxylic acids is 1. The number of nitrogens with one attached hydrogen (secondary N) is 1. The molecule has 1 heterocycles. The third kappa shape index (κ3) is 3.52. The molecule has 0 aliphatic rings. The number of carbonyl (C=O) groups is 2. The molecule has 2 N–H and O–H groups in total. The molecule has 102 valence electrons. The number of ether oxygens (including phenoxy) is 1. The SMILES string of the molecule is O=C(COc1ccccc1)Nc1nccnc1C(=O)O. The van der Waals surface area contributed by atoms with Crippen molar-refractivity contribution in [3.8, 4) is 5.75 Å². The average Bonchev–Trinajstić information content (AvgIpc) is 2.46. The lowest BCUT2D eigenvalue weighted by atomic mass is 10.3. The van der Waals surface area contributed by atoms with Gasteiger partial charge >= 0.3 is 5.97 Å². The van der Waals surface area contributed by atoms with Crippen LogP contribution in [0.5, 0.6) is 5.75 Å². The van der Waals surface area contributed by atoms with E-state index in [1.54, 1.807) is 24.3 Å². The number of aromatic nitrogens is 2. The van der Waals surface area contributed by atoms with Gasteiger partial charge < -0.3 is 15.2 Å². The maximum absolute atomic E-state index is 11.7. The van der Waals surface area contributed by atoms with Crippen molar-refractivity contribution in [2.24, 2.45) is 0 Å². The summed E-state index contributed by atoms with van der Waals surface area (Å²) in [4.78, 5) is 30.0. The Morgan fingerprint density at radius 3 is 2.55 bits per heavy atom. The van der Waals surface area contributed by atoms with Crippen molar-refractivity contribution in [1.82, 2.24) is 9.97 Å². The van der Waals surface area contributed by atoms with E-state index >= 15 is 0 Å². The molecule has 0 atom stereocenters. The van der Waals surface area contributed by atoms with Crippen molar-refractivity contribution in [2.45, 2.75) is 0 Å². The second kappa shape index (κ2) is 6.28. The van der Waals surface area contributed by atoms with Gasteiger partial charge in [0.2, 0.25) is 0 Å². The fraction of sp³-hybridized carbons (Fsp3) is 0.0769. The molecule has 0 radical (unpaired) electrons. The monoisotopic (exact) mass is 273 g/mol. The van der Waals surface area contributed by atoms with E-state index in [0.29, 0.717) is 5.75 Å². The van der Waals surface area contributed by atoms with Crippen LogP contribution in [0.1, 0.15) is 10.5 Å². The molecule has 7 nitrogen and oxygen atoms in total. The summed E-state index contributed by atoms with van der Waals surface area (Å²) in [6.07, 6.45) is 2.53. The van der Waals surface area contributed by atoms with Crippen LogP contribution in [0, 0.1) is 0 Å². The molecule has 2 aromatic rings. The van der Waals surface area contributed by atoms with E-state index in [1.165, 1.54) is 12.4 Å². The molecule has 20 heavy (non-hydrogen) atoms. The van der Waals surface area contributed by atoms with Gasteiger partial charge in [0.25, 0.3) is 5.91 Å². The molecule has 1 aromatic heterocycles. The van der Waals surface area contributed by atoms with E-state index in [2.05, 4.69) is 15.3 Å². The number of hydrogen-bond acceptors (Lipinski definition) is 5. The Labute approximate surface area is 114 Å². The Morgan fingerprint density at radius 1 is 1.15 bits per heavy atom. The zero-order valence-electron chi connectivity index (χ0n) is 10.3. The van der Waals surface area contributed by atoms with Crippen LogP contribution >= 0.6 is 0 Å². The Hall–Kier alpha value is -2.96. The van der Waals surface area contributed by atoms with Gasteiger partial charge in [0.15, 0.2) is 18.1 Å². The lowest BCUT2D eigenvalue weighted by Gasteiger charge is -2.07. The number of carboxylic acid groups (broad SMARTS) is 1. The second-order valence-electron chi connectivity index (χ2n) is 3.71. The highest BCUT2D eigenvalue weighted by Crippen LogP contribution is 2.10. The van der Waals surface area contributed by atoms with Crippen LogP contribution < -0.4 is 10.1 Å². The number of anilines is 1. The fourth-order valence-corrected chi connectivity index (χ4v) is 1.42.